The summed E-state index contributed by atoms with van der Waals surface area (Å²) in [5.74, 6) is 0.676. The van der Waals surface area contributed by atoms with E-state index in [9.17, 15) is 4.79 Å². The molecule has 0 bridgehead atoms. The van der Waals surface area contributed by atoms with Gasteiger partial charge < -0.3 is 15.2 Å². The average Bonchev–Trinajstić information content (AvgIpc) is 3.31. The third-order valence-electron chi connectivity index (χ3n) is 4.72. The lowest BCUT2D eigenvalue weighted by Gasteiger charge is -2.17. The summed E-state index contributed by atoms with van der Waals surface area (Å²) in [6, 6.07) is 13.9. The number of anilines is 1. The van der Waals surface area contributed by atoms with Gasteiger partial charge in [0.15, 0.2) is 0 Å². The highest BCUT2D eigenvalue weighted by atomic mass is 16.1. The minimum atomic E-state index is -0.0328. The van der Waals surface area contributed by atoms with Crippen molar-refractivity contribution in [2.24, 2.45) is 0 Å². The number of hydrogen-bond acceptors (Lipinski definition) is 4. The number of carbonyl (C=O) groups excluding carboxylic acids is 1. The Bertz CT molecular complexity index is 905. The van der Waals surface area contributed by atoms with E-state index in [1.165, 1.54) is 0 Å². The molecule has 0 aliphatic carbocycles. The van der Waals surface area contributed by atoms with E-state index >= 15 is 0 Å². The molecule has 3 aromatic rings. The summed E-state index contributed by atoms with van der Waals surface area (Å²) in [4.78, 5) is 26.7. The molecule has 1 atom stereocenters. The highest BCUT2D eigenvalue weighted by Crippen LogP contribution is 2.21. The van der Waals surface area contributed by atoms with Gasteiger partial charge in [0, 0.05) is 42.8 Å². The van der Waals surface area contributed by atoms with Crippen LogP contribution in [0.2, 0.25) is 0 Å². The molecule has 6 heteroatoms. The van der Waals surface area contributed by atoms with Crippen LogP contribution in [0.1, 0.15) is 22.5 Å². The maximum absolute atomic E-state index is 12.4. The van der Waals surface area contributed by atoms with Gasteiger partial charge in [-0.05, 0) is 25.5 Å². The Morgan fingerprint density at radius 1 is 1.23 bits per heavy atom. The first kappa shape index (κ1) is 16.3. The highest BCUT2D eigenvalue weighted by molar-refractivity contribution is 5.95. The first-order valence-electron chi connectivity index (χ1n) is 8.79. The first-order valence-corrected chi connectivity index (χ1v) is 8.79. The zero-order valence-electron chi connectivity index (χ0n) is 14.6. The molecule has 26 heavy (non-hydrogen) atoms. The summed E-state index contributed by atoms with van der Waals surface area (Å²) in [6.07, 6.45) is 4.46. The van der Waals surface area contributed by atoms with Crippen LogP contribution in [0.15, 0.2) is 54.9 Å². The van der Waals surface area contributed by atoms with Crippen LogP contribution in [0.3, 0.4) is 0 Å². The monoisotopic (exact) mass is 347 g/mol. The molecule has 6 nitrogen and oxygen atoms in total. The number of amides is 1. The molecule has 0 saturated carbocycles. The highest BCUT2D eigenvalue weighted by Gasteiger charge is 2.26. The number of aromatic nitrogens is 3. The number of aryl methyl sites for hydroxylation is 1. The second-order valence-electron chi connectivity index (χ2n) is 6.53. The smallest absolute Gasteiger partial charge is 0.253 e. The molecule has 1 amide bonds. The molecule has 4 rings (SSSR count). The van der Waals surface area contributed by atoms with Crippen LogP contribution in [0, 0.1) is 6.92 Å². The minimum absolute atomic E-state index is 0.0328. The van der Waals surface area contributed by atoms with Crippen molar-refractivity contribution in [3.8, 4) is 11.3 Å². The lowest BCUT2D eigenvalue weighted by Crippen LogP contribution is -2.37. The second kappa shape index (κ2) is 7.00. The Balaban J connectivity index is 1.44. The van der Waals surface area contributed by atoms with E-state index in [0.717, 1.165) is 29.9 Å². The van der Waals surface area contributed by atoms with E-state index in [2.05, 4.69) is 20.2 Å². The van der Waals surface area contributed by atoms with Crippen molar-refractivity contribution < 1.29 is 4.79 Å². The molecule has 0 spiro atoms. The number of H-pyrrole nitrogens is 1. The van der Waals surface area contributed by atoms with Crippen molar-refractivity contribution in [1.82, 2.24) is 20.3 Å². The first-order chi connectivity index (χ1) is 12.7. The fourth-order valence-corrected chi connectivity index (χ4v) is 3.29. The molecule has 1 aliphatic rings. The molecular weight excluding hydrogens is 326 g/mol. The molecule has 1 unspecified atom stereocenters. The van der Waals surface area contributed by atoms with Crippen molar-refractivity contribution in [2.75, 3.05) is 18.0 Å². The average molecular weight is 347 g/mol. The molecule has 1 fully saturated rings. The number of rotatable bonds is 4. The van der Waals surface area contributed by atoms with Crippen LogP contribution < -0.4 is 10.2 Å². The van der Waals surface area contributed by atoms with E-state index in [0.29, 0.717) is 18.1 Å². The van der Waals surface area contributed by atoms with Crippen LogP contribution >= 0.6 is 0 Å². The number of nitrogens with one attached hydrogen (secondary N) is 2. The Morgan fingerprint density at radius 2 is 2.08 bits per heavy atom. The fourth-order valence-electron chi connectivity index (χ4n) is 3.29. The van der Waals surface area contributed by atoms with Crippen molar-refractivity contribution in [3.63, 3.8) is 0 Å². The maximum atomic E-state index is 12.4. The van der Waals surface area contributed by atoms with Crippen molar-refractivity contribution in [1.29, 1.82) is 0 Å². The van der Waals surface area contributed by atoms with Crippen LogP contribution in [-0.2, 0) is 0 Å². The standard InChI is InChI=1S/C20H21N5O/c1-14-17(7-10-21-14)19(26)23-16-9-12-25(13-16)20-22-11-8-18(24-20)15-5-3-2-4-6-15/h2-8,10-11,16,21H,9,12-13H2,1H3,(H,23,26). The zero-order valence-corrected chi connectivity index (χ0v) is 14.6. The zero-order chi connectivity index (χ0) is 17.9. The van der Waals surface area contributed by atoms with Crippen LogP contribution in [0.5, 0.6) is 0 Å². The van der Waals surface area contributed by atoms with Crippen LogP contribution in [0.25, 0.3) is 11.3 Å². The number of carbonyl (C=O) groups is 1. The quantitative estimate of drug-likeness (QED) is 0.761. The van der Waals surface area contributed by atoms with Gasteiger partial charge in [0.2, 0.25) is 5.95 Å². The maximum Gasteiger partial charge on any atom is 0.253 e. The Hall–Kier alpha value is -3.15. The van der Waals surface area contributed by atoms with Gasteiger partial charge in [-0.3, -0.25) is 4.79 Å². The molecule has 1 aromatic carbocycles. The predicted octanol–water partition coefficient (Wildman–Crippen LogP) is 2.79. The summed E-state index contributed by atoms with van der Waals surface area (Å²) in [6.45, 7) is 3.45. The number of aromatic amines is 1. The Labute approximate surface area is 152 Å². The Kier molecular flexibility index (Phi) is 4.39. The van der Waals surface area contributed by atoms with Gasteiger partial charge in [0.1, 0.15) is 0 Å². The lowest BCUT2D eigenvalue weighted by molar-refractivity contribution is 0.0940. The summed E-state index contributed by atoms with van der Waals surface area (Å²) in [7, 11) is 0. The topological polar surface area (TPSA) is 73.9 Å². The SMILES string of the molecule is Cc1[nH]ccc1C(=O)NC1CCN(c2nccc(-c3ccccc3)n2)C1. The Morgan fingerprint density at radius 3 is 2.85 bits per heavy atom. The van der Waals surface area contributed by atoms with Gasteiger partial charge in [-0.1, -0.05) is 30.3 Å². The summed E-state index contributed by atoms with van der Waals surface area (Å²) >= 11 is 0. The molecule has 0 radical (unpaired) electrons. The van der Waals surface area contributed by atoms with E-state index in [1.54, 1.807) is 12.4 Å². The van der Waals surface area contributed by atoms with Crippen molar-refractivity contribution >= 4 is 11.9 Å². The second-order valence-corrected chi connectivity index (χ2v) is 6.53. The van der Waals surface area contributed by atoms with Gasteiger partial charge in [-0.15, -0.1) is 0 Å². The number of hydrogen-bond donors (Lipinski definition) is 2. The van der Waals surface area contributed by atoms with Crippen molar-refractivity contribution in [2.45, 2.75) is 19.4 Å². The molecule has 1 saturated heterocycles. The molecule has 3 heterocycles. The molecule has 2 N–H and O–H groups in total. The molecule has 2 aromatic heterocycles. The summed E-state index contributed by atoms with van der Waals surface area (Å²) in [5, 5.41) is 3.11. The predicted molar refractivity (Wildman–Crippen MR) is 101 cm³/mol. The van der Waals surface area contributed by atoms with E-state index in [1.807, 2.05) is 49.4 Å². The third-order valence-corrected chi connectivity index (χ3v) is 4.72. The molecule has 132 valence electrons. The fraction of sp³-hybridized carbons (Fsp3) is 0.250. The largest absolute Gasteiger partial charge is 0.365 e. The third kappa shape index (κ3) is 3.31. The van der Waals surface area contributed by atoms with Gasteiger partial charge in [0.25, 0.3) is 5.91 Å². The van der Waals surface area contributed by atoms with Gasteiger partial charge in [-0.2, -0.15) is 0 Å². The molecular formula is C20H21N5O. The van der Waals surface area contributed by atoms with Gasteiger partial charge >= 0.3 is 0 Å². The number of benzene rings is 1. The van der Waals surface area contributed by atoms with E-state index in [4.69, 9.17) is 4.98 Å². The van der Waals surface area contributed by atoms with Gasteiger partial charge in [0.05, 0.1) is 11.3 Å². The number of nitrogens with zero attached hydrogens (tertiary/aromatic N) is 3. The normalized spacial score (nSPS) is 16.7. The molecule has 1 aliphatic heterocycles. The summed E-state index contributed by atoms with van der Waals surface area (Å²) < 4.78 is 0. The van der Waals surface area contributed by atoms with Crippen LogP contribution in [-0.4, -0.2) is 40.0 Å². The lowest BCUT2D eigenvalue weighted by atomic mass is 10.1. The van der Waals surface area contributed by atoms with E-state index < -0.39 is 0 Å². The van der Waals surface area contributed by atoms with Crippen LogP contribution in [0.4, 0.5) is 5.95 Å². The summed E-state index contributed by atoms with van der Waals surface area (Å²) in [5.41, 5.74) is 3.57. The van der Waals surface area contributed by atoms with E-state index in [-0.39, 0.29) is 11.9 Å². The van der Waals surface area contributed by atoms with Crippen molar-refractivity contribution in [3.05, 3.63) is 66.1 Å². The minimum Gasteiger partial charge on any atom is -0.365 e. The van der Waals surface area contributed by atoms with Gasteiger partial charge in [-0.25, -0.2) is 9.97 Å².